The van der Waals surface area contributed by atoms with Gasteiger partial charge in [0.15, 0.2) is 12.3 Å². The van der Waals surface area contributed by atoms with Crippen molar-refractivity contribution in [3.63, 3.8) is 0 Å². The maximum absolute atomic E-state index is 12.4. The average Bonchev–Trinajstić information content (AvgIpc) is 3.02. The molecule has 140 valence electrons. The first kappa shape index (κ1) is 18.4. The molecule has 8 heteroatoms. The van der Waals surface area contributed by atoms with Crippen LogP contribution in [0.15, 0.2) is 36.5 Å². The fourth-order valence-corrected chi connectivity index (χ4v) is 2.70. The van der Waals surface area contributed by atoms with E-state index in [0.717, 1.165) is 17.0 Å². The van der Waals surface area contributed by atoms with E-state index in [1.54, 1.807) is 22.8 Å². The molecule has 2 N–H and O–H groups in total. The fraction of sp³-hybridized carbons (Fsp3) is 0.263. The number of ether oxygens (including phenoxy) is 1. The molecular weight excluding hydrogens is 348 g/mol. The van der Waals surface area contributed by atoms with Crippen LogP contribution < -0.4 is 10.1 Å². The van der Waals surface area contributed by atoms with Crippen molar-refractivity contribution in [2.45, 2.75) is 20.3 Å². The van der Waals surface area contributed by atoms with Gasteiger partial charge in [0, 0.05) is 18.8 Å². The number of carboxylic acid groups (broad SMARTS) is 1. The van der Waals surface area contributed by atoms with Crippen molar-refractivity contribution >= 4 is 17.5 Å². The number of carboxylic acids is 1. The van der Waals surface area contributed by atoms with Crippen molar-refractivity contribution < 1.29 is 19.4 Å². The summed E-state index contributed by atoms with van der Waals surface area (Å²) in [4.78, 5) is 27.2. The number of fused-ring (bicyclic) bond motifs is 1. The molecule has 0 bridgehead atoms. The van der Waals surface area contributed by atoms with Crippen molar-refractivity contribution in [3.05, 3.63) is 59.0 Å². The molecule has 0 aliphatic carbocycles. The molecule has 27 heavy (non-hydrogen) atoms. The summed E-state index contributed by atoms with van der Waals surface area (Å²) >= 11 is 0. The van der Waals surface area contributed by atoms with Crippen LogP contribution in [0.3, 0.4) is 0 Å². The molecule has 2 heterocycles. The number of carbonyl (C=O) groups is 2. The maximum atomic E-state index is 12.4. The van der Waals surface area contributed by atoms with E-state index in [2.05, 4.69) is 15.4 Å². The molecule has 1 aromatic carbocycles. The van der Waals surface area contributed by atoms with Crippen molar-refractivity contribution in [1.29, 1.82) is 0 Å². The molecule has 0 saturated carbocycles. The molecular formula is C19H20N4O4. The Morgan fingerprint density at radius 2 is 1.96 bits per heavy atom. The van der Waals surface area contributed by atoms with Gasteiger partial charge >= 0.3 is 5.97 Å². The van der Waals surface area contributed by atoms with Crippen LogP contribution in [-0.4, -0.2) is 44.7 Å². The number of nitrogens with zero attached hydrogens (tertiary/aromatic N) is 3. The predicted octanol–water partition coefficient (Wildman–Crippen LogP) is 1.78. The minimum absolute atomic E-state index is 0.198. The van der Waals surface area contributed by atoms with Crippen LogP contribution in [-0.2, 0) is 11.2 Å². The second-order valence-electron chi connectivity index (χ2n) is 6.15. The van der Waals surface area contributed by atoms with Gasteiger partial charge in [0.25, 0.3) is 5.91 Å². The summed E-state index contributed by atoms with van der Waals surface area (Å²) < 4.78 is 6.76. The number of rotatable bonds is 7. The highest BCUT2D eigenvalue weighted by Crippen LogP contribution is 2.13. The van der Waals surface area contributed by atoms with Crippen LogP contribution in [0.4, 0.5) is 0 Å². The topological polar surface area (TPSA) is 106 Å². The Labute approximate surface area is 155 Å². The van der Waals surface area contributed by atoms with E-state index in [1.165, 1.54) is 0 Å². The Bertz CT molecular complexity index is 979. The lowest BCUT2D eigenvalue weighted by Crippen LogP contribution is -2.27. The summed E-state index contributed by atoms with van der Waals surface area (Å²) in [5, 5.41) is 15.8. The molecule has 8 nitrogen and oxygen atoms in total. The molecule has 0 unspecified atom stereocenters. The molecule has 0 fully saturated rings. The summed E-state index contributed by atoms with van der Waals surface area (Å²) in [6.45, 7) is 3.81. The zero-order valence-electron chi connectivity index (χ0n) is 15.1. The van der Waals surface area contributed by atoms with E-state index in [0.29, 0.717) is 29.9 Å². The number of hydrogen-bond donors (Lipinski definition) is 2. The van der Waals surface area contributed by atoms with Gasteiger partial charge in [0.2, 0.25) is 0 Å². The standard InChI is InChI=1S/C19H20N4O4/c1-12-9-17-21-10-16(13(2)23(17)22-12)19(26)20-8-7-14-3-5-15(6-4-14)27-11-18(24)25/h3-6,9-10H,7-8,11H2,1-2H3,(H,20,26)(H,24,25). The van der Waals surface area contributed by atoms with Crippen molar-refractivity contribution in [3.8, 4) is 5.75 Å². The highest BCUT2D eigenvalue weighted by molar-refractivity contribution is 5.95. The molecule has 2 aromatic heterocycles. The lowest BCUT2D eigenvalue weighted by molar-refractivity contribution is -0.139. The predicted molar refractivity (Wildman–Crippen MR) is 98.1 cm³/mol. The number of benzene rings is 1. The van der Waals surface area contributed by atoms with Gasteiger partial charge in [-0.3, -0.25) is 4.79 Å². The van der Waals surface area contributed by atoms with Crippen LogP contribution in [0, 0.1) is 13.8 Å². The largest absolute Gasteiger partial charge is 0.482 e. The molecule has 3 aromatic rings. The molecule has 1 amide bonds. The molecule has 0 radical (unpaired) electrons. The van der Waals surface area contributed by atoms with Gasteiger partial charge in [-0.2, -0.15) is 5.10 Å². The number of carbonyl (C=O) groups excluding carboxylic acids is 1. The Morgan fingerprint density at radius 1 is 1.22 bits per heavy atom. The molecule has 0 spiro atoms. The Kier molecular flexibility index (Phi) is 5.35. The summed E-state index contributed by atoms with van der Waals surface area (Å²) in [5.41, 5.74) is 3.80. The third kappa shape index (κ3) is 4.41. The van der Waals surface area contributed by atoms with E-state index in [4.69, 9.17) is 9.84 Å². The number of hydrogen-bond acceptors (Lipinski definition) is 5. The normalized spacial score (nSPS) is 10.7. The Balaban J connectivity index is 1.56. The highest BCUT2D eigenvalue weighted by atomic mass is 16.5. The quantitative estimate of drug-likeness (QED) is 0.658. The number of aromatic nitrogens is 3. The number of aliphatic carboxylic acids is 1. The fourth-order valence-electron chi connectivity index (χ4n) is 2.70. The minimum atomic E-state index is -1.02. The van der Waals surface area contributed by atoms with Crippen LogP contribution >= 0.6 is 0 Å². The van der Waals surface area contributed by atoms with Crippen molar-refractivity contribution in [2.24, 2.45) is 0 Å². The van der Waals surface area contributed by atoms with Gasteiger partial charge in [0.05, 0.1) is 17.0 Å². The van der Waals surface area contributed by atoms with Crippen LogP contribution in [0.25, 0.3) is 5.65 Å². The van der Waals surface area contributed by atoms with Gasteiger partial charge in [-0.05, 0) is 38.0 Å². The molecule has 0 atom stereocenters. The van der Waals surface area contributed by atoms with E-state index in [-0.39, 0.29) is 12.5 Å². The first-order chi connectivity index (χ1) is 12.9. The smallest absolute Gasteiger partial charge is 0.341 e. The third-order valence-electron chi connectivity index (χ3n) is 4.08. The molecule has 0 saturated heterocycles. The zero-order chi connectivity index (χ0) is 19.4. The molecule has 3 rings (SSSR count). The van der Waals surface area contributed by atoms with E-state index >= 15 is 0 Å². The maximum Gasteiger partial charge on any atom is 0.341 e. The number of nitrogens with one attached hydrogen (secondary N) is 1. The second kappa shape index (κ2) is 7.86. The summed E-state index contributed by atoms with van der Waals surface area (Å²) in [6.07, 6.45) is 2.20. The summed E-state index contributed by atoms with van der Waals surface area (Å²) in [5.74, 6) is -0.721. The monoisotopic (exact) mass is 368 g/mol. The summed E-state index contributed by atoms with van der Waals surface area (Å²) in [7, 11) is 0. The van der Waals surface area contributed by atoms with Crippen LogP contribution in [0.1, 0.15) is 27.3 Å². The lowest BCUT2D eigenvalue weighted by Gasteiger charge is -2.09. The van der Waals surface area contributed by atoms with Gasteiger partial charge in [0.1, 0.15) is 5.75 Å². The minimum Gasteiger partial charge on any atom is -0.482 e. The van der Waals surface area contributed by atoms with Crippen LogP contribution in [0.5, 0.6) is 5.75 Å². The SMILES string of the molecule is Cc1cc2ncc(C(=O)NCCc3ccc(OCC(=O)O)cc3)c(C)n2n1. The number of amides is 1. The van der Waals surface area contributed by atoms with E-state index in [9.17, 15) is 9.59 Å². The average molecular weight is 368 g/mol. The van der Waals surface area contributed by atoms with Crippen molar-refractivity contribution in [2.75, 3.05) is 13.2 Å². The van der Waals surface area contributed by atoms with Gasteiger partial charge in [-0.15, -0.1) is 0 Å². The summed E-state index contributed by atoms with van der Waals surface area (Å²) in [6, 6.07) is 8.96. The highest BCUT2D eigenvalue weighted by Gasteiger charge is 2.13. The Morgan fingerprint density at radius 3 is 2.67 bits per heavy atom. The zero-order valence-corrected chi connectivity index (χ0v) is 15.1. The van der Waals surface area contributed by atoms with Gasteiger partial charge < -0.3 is 15.2 Å². The first-order valence-electron chi connectivity index (χ1n) is 8.48. The van der Waals surface area contributed by atoms with E-state index in [1.807, 2.05) is 32.0 Å². The lowest BCUT2D eigenvalue weighted by atomic mass is 10.1. The number of aryl methyl sites for hydroxylation is 2. The van der Waals surface area contributed by atoms with Crippen LogP contribution in [0.2, 0.25) is 0 Å². The first-order valence-corrected chi connectivity index (χ1v) is 8.48. The second-order valence-corrected chi connectivity index (χ2v) is 6.15. The Hall–Kier alpha value is -3.42. The van der Waals surface area contributed by atoms with Gasteiger partial charge in [-0.25, -0.2) is 14.3 Å². The van der Waals surface area contributed by atoms with E-state index < -0.39 is 5.97 Å². The molecule has 0 aliphatic rings. The van der Waals surface area contributed by atoms with Gasteiger partial charge in [-0.1, -0.05) is 12.1 Å². The molecule has 0 aliphatic heterocycles. The third-order valence-corrected chi connectivity index (χ3v) is 4.08. The van der Waals surface area contributed by atoms with Crippen molar-refractivity contribution in [1.82, 2.24) is 19.9 Å².